The standard InChI is InChI=1S/C10H8F3NO6S/c1-19-5-3-4(9(15)16)8(21-10(11,12)13)6(14(17)18)7(5)20-2/h3H,1-2H3,(H,15,16). The molecule has 21 heavy (non-hydrogen) atoms. The van der Waals surface area contributed by atoms with Crippen LogP contribution in [0.5, 0.6) is 11.5 Å². The van der Waals surface area contributed by atoms with Gasteiger partial charge in [-0.25, -0.2) is 4.79 Å². The van der Waals surface area contributed by atoms with E-state index in [4.69, 9.17) is 9.84 Å². The molecule has 1 N–H and O–H groups in total. The lowest BCUT2D eigenvalue weighted by Crippen LogP contribution is -2.09. The number of methoxy groups -OCH3 is 2. The number of carbonyl (C=O) groups is 1. The van der Waals surface area contributed by atoms with Gasteiger partial charge >= 0.3 is 17.2 Å². The minimum Gasteiger partial charge on any atom is -0.493 e. The number of rotatable bonds is 5. The molecule has 11 heteroatoms. The van der Waals surface area contributed by atoms with E-state index in [-0.39, 0.29) is 5.75 Å². The zero-order valence-electron chi connectivity index (χ0n) is 10.6. The van der Waals surface area contributed by atoms with E-state index in [0.29, 0.717) is 0 Å². The van der Waals surface area contributed by atoms with Gasteiger partial charge in [0.1, 0.15) is 4.90 Å². The number of carboxylic acids is 1. The number of hydrogen-bond acceptors (Lipinski definition) is 6. The Morgan fingerprint density at radius 2 is 1.95 bits per heavy atom. The summed E-state index contributed by atoms with van der Waals surface area (Å²) in [6.07, 6.45) is 0. The van der Waals surface area contributed by atoms with Crippen LogP contribution in [0, 0.1) is 10.1 Å². The Kier molecular flexibility index (Phi) is 4.88. The molecule has 0 spiro atoms. The van der Waals surface area contributed by atoms with Gasteiger partial charge in [0.15, 0.2) is 5.75 Å². The molecule has 116 valence electrons. The SMILES string of the molecule is COc1cc(C(=O)O)c(SC(F)(F)F)c([N+](=O)[O-])c1OC. The maximum absolute atomic E-state index is 12.5. The molecule has 0 saturated carbocycles. The number of benzene rings is 1. The molecule has 1 rings (SSSR count). The number of nitro groups is 1. The molecule has 0 bridgehead atoms. The summed E-state index contributed by atoms with van der Waals surface area (Å²) in [5.74, 6) is -2.70. The van der Waals surface area contributed by atoms with Crippen molar-refractivity contribution in [2.75, 3.05) is 14.2 Å². The molecule has 7 nitrogen and oxygen atoms in total. The zero-order valence-corrected chi connectivity index (χ0v) is 11.4. The van der Waals surface area contributed by atoms with Crippen molar-refractivity contribution in [1.82, 2.24) is 0 Å². The highest BCUT2D eigenvalue weighted by atomic mass is 32.2. The van der Waals surface area contributed by atoms with Crippen LogP contribution in [0.2, 0.25) is 0 Å². The Bertz CT molecular complexity index is 589. The second-order valence-corrected chi connectivity index (χ2v) is 4.52. The highest BCUT2D eigenvalue weighted by Gasteiger charge is 2.39. The van der Waals surface area contributed by atoms with Crippen molar-refractivity contribution in [2.45, 2.75) is 10.4 Å². The van der Waals surface area contributed by atoms with Crippen LogP contribution in [0.3, 0.4) is 0 Å². The van der Waals surface area contributed by atoms with Gasteiger partial charge in [-0.3, -0.25) is 10.1 Å². The number of nitrogens with zero attached hydrogens (tertiary/aromatic N) is 1. The van der Waals surface area contributed by atoms with Crippen molar-refractivity contribution in [2.24, 2.45) is 0 Å². The lowest BCUT2D eigenvalue weighted by Gasteiger charge is -2.14. The fraction of sp³-hybridized carbons (Fsp3) is 0.300. The quantitative estimate of drug-likeness (QED) is 0.504. The molecular weight excluding hydrogens is 319 g/mol. The number of aromatic carboxylic acids is 1. The molecule has 0 unspecified atom stereocenters. The molecular formula is C10H8F3NO6S. The van der Waals surface area contributed by atoms with Crippen molar-refractivity contribution in [3.63, 3.8) is 0 Å². The molecule has 0 fully saturated rings. The number of carboxylic acid groups (broad SMARTS) is 1. The van der Waals surface area contributed by atoms with Crippen LogP contribution < -0.4 is 9.47 Å². The van der Waals surface area contributed by atoms with Gasteiger partial charge in [0.25, 0.3) is 0 Å². The second-order valence-electron chi connectivity index (χ2n) is 3.45. The number of ether oxygens (including phenoxy) is 2. The van der Waals surface area contributed by atoms with Crippen molar-refractivity contribution >= 4 is 23.4 Å². The molecule has 0 radical (unpaired) electrons. The summed E-state index contributed by atoms with van der Waals surface area (Å²) in [5, 5.41) is 20.0. The lowest BCUT2D eigenvalue weighted by molar-refractivity contribution is -0.388. The third-order valence-corrected chi connectivity index (χ3v) is 3.08. The highest BCUT2D eigenvalue weighted by Crippen LogP contribution is 2.50. The Hall–Kier alpha value is -2.17. The largest absolute Gasteiger partial charge is 0.493 e. The van der Waals surface area contributed by atoms with E-state index in [9.17, 15) is 28.1 Å². The van der Waals surface area contributed by atoms with E-state index in [0.717, 1.165) is 20.3 Å². The van der Waals surface area contributed by atoms with Crippen LogP contribution in [-0.2, 0) is 0 Å². The van der Waals surface area contributed by atoms with Gasteiger partial charge in [-0.05, 0) is 11.8 Å². The molecule has 0 atom stereocenters. The third kappa shape index (κ3) is 3.68. The number of thioether (sulfide) groups is 1. The highest BCUT2D eigenvalue weighted by molar-refractivity contribution is 8.00. The Balaban J connectivity index is 3.77. The van der Waals surface area contributed by atoms with Gasteiger partial charge in [-0.1, -0.05) is 0 Å². The van der Waals surface area contributed by atoms with Crippen LogP contribution in [0.15, 0.2) is 11.0 Å². The Labute approximate surface area is 119 Å². The van der Waals surface area contributed by atoms with Gasteiger partial charge in [-0.2, -0.15) is 13.2 Å². The first kappa shape index (κ1) is 16.9. The molecule has 0 aliphatic carbocycles. The summed E-state index contributed by atoms with van der Waals surface area (Å²) >= 11 is -0.899. The van der Waals surface area contributed by atoms with E-state index in [2.05, 4.69) is 4.74 Å². The molecule has 0 aliphatic rings. The smallest absolute Gasteiger partial charge is 0.446 e. The van der Waals surface area contributed by atoms with Gasteiger partial charge < -0.3 is 14.6 Å². The maximum atomic E-state index is 12.5. The molecule has 0 saturated heterocycles. The third-order valence-electron chi connectivity index (χ3n) is 2.23. The molecule has 1 aromatic carbocycles. The summed E-state index contributed by atoms with van der Waals surface area (Å²) in [5.41, 5.74) is -6.92. The average Bonchev–Trinajstić information content (AvgIpc) is 2.34. The molecule has 1 aromatic rings. The summed E-state index contributed by atoms with van der Waals surface area (Å²) in [6.45, 7) is 0. The van der Waals surface area contributed by atoms with Gasteiger partial charge in [-0.15, -0.1) is 0 Å². The van der Waals surface area contributed by atoms with Gasteiger partial charge in [0, 0.05) is 6.07 Å². The second kappa shape index (κ2) is 6.08. The topological polar surface area (TPSA) is 98.9 Å². The maximum Gasteiger partial charge on any atom is 0.446 e. The minimum absolute atomic E-state index is 0.354. The Morgan fingerprint density at radius 3 is 2.29 bits per heavy atom. The predicted molar refractivity (Wildman–Crippen MR) is 65.1 cm³/mol. The van der Waals surface area contributed by atoms with E-state index in [1.807, 2.05) is 0 Å². The minimum atomic E-state index is -4.91. The first-order valence-electron chi connectivity index (χ1n) is 5.04. The van der Waals surface area contributed by atoms with Crippen LogP contribution in [0.25, 0.3) is 0 Å². The zero-order chi connectivity index (χ0) is 16.4. The van der Waals surface area contributed by atoms with E-state index in [1.54, 1.807) is 0 Å². The van der Waals surface area contributed by atoms with E-state index >= 15 is 0 Å². The van der Waals surface area contributed by atoms with Crippen LogP contribution in [-0.4, -0.2) is 35.7 Å². The molecule has 0 amide bonds. The summed E-state index contributed by atoms with van der Waals surface area (Å²) in [4.78, 5) is 19.9. The average molecular weight is 327 g/mol. The molecule has 0 aliphatic heterocycles. The van der Waals surface area contributed by atoms with Crippen LogP contribution >= 0.6 is 11.8 Å². The van der Waals surface area contributed by atoms with Crippen molar-refractivity contribution in [3.8, 4) is 11.5 Å². The summed E-state index contributed by atoms with van der Waals surface area (Å²) < 4.78 is 47.0. The number of nitro benzene ring substituents is 1. The van der Waals surface area contributed by atoms with Crippen molar-refractivity contribution in [3.05, 3.63) is 21.7 Å². The lowest BCUT2D eigenvalue weighted by atomic mass is 10.1. The van der Waals surface area contributed by atoms with Gasteiger partial charge in [0.05, 0.1) is 24.7 Å². The van der Waals surface area contributed by atoms with Crippen LogP contribution in [0.4, 0.5) is 18.9 Å². The molecule has 0 heterocycles. The monoisotopic (exact) mass is 327 g/mol. The number of hydrogen-bond donors (Lipinski definition) is 1. The fourth-order valence-corrected chi connectivity index (χ4v) is 2.25. The fourth-order valence-electron chi connectivity index (χ4n) is 1.50. The first-order valence-corrected chi connectivity index (χ1v) is 5.86. The summed E-state index contributed by atoms with van der Waals surface area (Å²) in [7, 11) is 2.07. The van der Waals surface area contributed by atoms with Gasteiger partial charge in [0.2, 0.25) is 5.75 Å². The van der Waals surface area contributed by atoms with Crippen molar-refractivity contribution < 1.29 is 37.5 Å². The van der Waals surface area contributed by atoms with E-state index < -0.39 is 50.1 Å². The Morgan fingerprint density at radius 1 is 1.38 bits per heavy atom. The van der Waals surface area contributed by atoms with E-state index in [1.165, 1.54) is 0 Å². The normalized spacial score (nSPS) is 11.1. The first-order chi connectivity index (χ1) is 9.62. The number of halogens is 3. The van der Waals surface area contributed by atoms with Crippen molar-refractivity contribution in [1.29, 1.82) is 0 Å². The number of alkyl halides is 3. The van der Waals surface area contributed by atoms with Crippen LogP contribution in [0.1, 0.15) is 10.4 Å². The predicted octanol–water partition coefficient (Wildman–Crippen LogP) is 2.92. The molecule has 0 aromatic heterocycles. The summed E-state index contributed by atoms with van der Waals surface area (Å²) in [6, 6.07) is 0.738.